The fraction of sp³-hybridized carbons (Fsp3) is 0.545. The number of ether oxygens (including phenoxy) is 1. The summed E-state index contributed by atoms with van der Waals surface area (Å²) in [5.74, 6) is -0.281. The van der Waals surface area contributed by atoms with E-state index in [0.717, 1.165) is 25.4 Å². The summed E-state index contributed by atoms with van der Waals surface area (Å²) in [4.78, 5) is 12.9. The number of carbonyl (C=O) groups is 1. The molecule has 5 nitrogen and oxygen atoms in total. The van der Waals surface area contributed by atoms with E-state index in [1.54, 1.807) is 6.07 Å². The van der Waals surface area contributed by atoms with Crippen LogP contribution in [0.5, 0.6) is 0 Å². The second-order valence-electron chi connectivity index (χ2n) is 3.99. The average Bonchev–Trinajstić information content (AvgIpc) is 2.75. The quantitative estimate of drug-likeness (QED) is 0.823. The first-order chi connectivity index (χ1) is 8.15. The Morgan fingerprint density at radius 3 is 3.12 bits per heavy atom. The summed E-state index contributed by atoms with van der Waals surface area (Å²) >= 11 is 1.49. The summed E-state index contributed by atoms with van der Waals surface area (Å²) in [5.41, 5.74) is 0. The van der Waals surface area contributed by atoms with E-state index < -0.39 is 5.97 Å². The van der Waals surface area contributed by atoms with Gasteiger partial charge in [0.2, 0.25) is 5.76 Å². The Morgan fingerprint density at radius 2 is 2.47 bits per heavy atom. The van der Waals surface area contributed by atoms with Gasteiger partial charge in [-0.05, 0) is 19.2 Å². The summed E-state index contributed by atoms with van der Waals surface area (Å²) in [7, 11) is 2.07. The summed E-state index contributed by atoms with van der Waals surface area (Å²) in [5, 5.41) is 9.34. The van der Waals surface area contributed by atoms with Gasteiger partial charge in [-0.3, -0.25) is 0 Å². The fourth-order valence-corrected chi connectivity index (χ4v) is 2.52. The van der Waals surface area contributed by atoms with Crippen LogP contribution in [0, 0.1) is 0 Å². The molecule has 2 heterocycles. The number of rotatable bonds is 4. The molecule has 0 aromatic carbocycles. The summed E-state index contributed by atoms with van der Waals surface area (Å²) in [6, 6.07) is 3.15. The number of nitrogens with zero attached hydrogens (tertiary/aromatic N) is 1. The zero-order valence-electron chi connectivity index (χ0n) is 9.59. The molecule has 0 radical (unpaired) electrons. The van der Waals surface area contributed by atoms with E-state index in [0.29, 0.717) is 5.09 Å². The lowest BCUT2D eigenvalue weighted by molar-refractivity contribution is -0.00604. The van der Waals surface area contributed by atoms with Crippen molar-refractivity contribution in [1.82, 2.24) is 4.90 Å². The molecule has 1 atom stereocenters. The lowest BCUT2D eigenvalue weighted by Gasteiger charge is -2.29. The lowest BCUT2D eigenvalue weighted by Crippen LogP contribution is -2.41. The summed E-state index contributed by atoms with van der Waals surface area (Å²) < 4.78 is 10.8. The fourth-order valence-electron chi connectivity index (χ4n) is 1.66. The monoisotopic (exact) mass is 257 g/mol. The molecule has 0 bridgehead atoms. The second kappa shape index (κ2) is 5.57. The van der Waals surface area contributed by atoms with Crippen molar-refractivity contribution in [1.29, 1.82) is 0 Å². The molecule has 1 aromatic heterocycles. The normalized spacial score (nSPS) is 21.6. The molecule has 6 heteroatoms. The molecular weight excluding hydrogens is 242 g/mol. The zero-order chi connectivity index (χ0) is 12.3. The van der Waals surface area contributed by atoms with E-state index in [4.69, 9.17) is 14.3 Å². The first-order valence-electron chi connectivity index (χ1n) is 5.41. The molecule has 94 valence electrons. The van der Waals surface area contributed by atoms with Crippen LogP contribution in [0.25, 0.3) is 0 Å². The number of morpholine rings is 1. The maximum absolute atomic E-state index is 10.6. The third kappa shape index (κ3) is 3.49. The van der Waals surface area contributed by atoms with Crippen LogP contribution < -0.4 is 0 Å². The lowest BCUT2D eigenvalue weighted by atomic mass is 10.3. The minimum atomic E-state index is -1.04. The van der Waals surface area contributed by atoms with E-state index >= 15 is 0 Å². The van der Waals surface area contributed by atoms with E-state index in [2.05, 4.69) is 11.9 Å². The van der Waals surface area contributed by atoms with Crippen LogP contribution in [0.3, 0.4) is 0 Å². The Hall–Kier alpha value is -0.980. The molecular formula is C11H15NO4S. The van der Waals surface area contributed by atoms with E-state index in [1.165, 1.54) is 17.8 Å². The van der Waals surface area contributed by atoms with Crippen molar-refractivity contribution in [2.24, 2.45) is 0 Å². The van der Waals surface area contributed by atoms with E-state index in [9.17, 15) is 4.79 Å². The van der Waals surface area contributed by atoms with Crippen LogP contribution in [0.1, 0.15) is 10.6 Å². The van der Waals surface area contributed by atoms with Gasteiger partial charge in [0.25, 0.3) is 0 Å². The predicted octanol–water partition coefficient (Wildman–Crippen LogP) is 1.40. The molecule has 0 saturated carbocycles. The molecule has 1 aliphatic heterocycles. The number of carboxylic acid groups (broad SMARTS) is 1. The van der Waals surface area contributed by atoms with Crippen LogP contribution in [-0.4, -0.2) is 54.6 Å². The minimum absolute atomic E-state index is 0.0193. The Labute approximate surface area is 104 Å². The van der Waals surface area contributed by atoms with Crippen LogP contribution in [-0.2, 0) is 4.74 Å². The van der Waals surface area contributed by atoms with Crippen LogP contribution in [0.4, 0.5) is 0 Å². The Morgan fingerprint density at radius 1 is 1.65 bits per heavy atom. The van der Waals surface area contributed by atoms with Gasteiger partial charge in [-0.15, -0.1) is 0 Å². The third-order valence-electron chi connectivity index (χ3n) is 2.55. The maximum Gasteiger partial charge on any atom is 0.371 e. The molecule has 1 aliphatic rings. The van der Waals surface area contributed by atoms with Gasteiger partial charge in [0, 0.05) is 18.8 Å². The van der Waals surface area contributed by atoms with E-state index in [1.807, 2.05) is 0 Å². The predicted molar refractivity (Wildman–Crippen MR) is 63.6 cm³/mol. The van der Waals surface area contributed by atoms with Gasteiger partial charge in [-0.1, -0.05) is 11.8 Å². The van der Waals surface area contributed by atoms with Gasteiger partial charge in [-0.25, -0.2) is 4.79 Å². The van der Waals surface area contributed by atoms with Crippen molar-refractivity contribution >= 4 is 17.7 Å². The smallest absolute Gasteiger partial charge is 0.371 e. The van der Waals surface area contributed by atoms with E-state index in [-0.39, 0.29) is 11.9 Å². The van der Waals surface area contributed by atoms with Gasteiger partial charge in [0.1, 0.15) is 0 Å². The molecule has 1 fully saturated rings. The molecule has 1 unspecified atom stereocenters. The van der Waals surface area contributed by atoms with Crippen molar-refractivity contribution in [3.63, 3.8) is 0 Å². The average molecular weight is 257 g/mol. The van der Waals surface area contributed by atoms with Gasteiger partial charge < -0.3 is 19.2 Å². The van der Waals surface area contributed by atoms with Gasteiger partial charge in [0.05, 0.1) is 12.7 Å². The number of aromatic carboxylic acids is 1. The topological polar surface area (TPSA) is 62.9 Å². The van der Waals surface area contributed by atoms with Crippen molar-refractivity contribution in [3.05, 3.63) is 17.9 Å². The Bertz CT molecular complexity index is 393. The number of furan rings is 1. The molecule has 0 aliphatic carbocycles. The maximum atomic E-state index is 10.6. The highest BCUT2D eigenvalue weighted by Crippen LogP contribution is 2.23. The Balaban J connectivity index is 1.82. The second-order valence-corrected chi connectivity index (χ2v) is 5.01. The molecule has 0 spiro atoms. The first kappa shape index (κ1) is 12.5. The van der Waals surface area contributed by atoms with Crippen molar-refractivity contribution in [2.75, 3.05) is 32.5 Å². The standard InChI is InChI=1S/C11H15NO4S/c1-12-4-5-15-8(6-12)7-17-10-3-2-9(16-10)11(13)14/h2-3,8H,4-7H2,1H3,(H,13,14). The number of likely N-dealkylation sites (N-methyl/N-ethyl adjacent to an activating group) is 1. The highest BCUT2D eigenvalue weighted by atomic mass is 32.2. The van der Waals surface area contributed by atoms with Crippen molar-refractivity contribution in [2.45, 2.75) is 11.2 Å². The van der Waals surface area contributed by atoms with Gasteiger partial charge >= 0.3 is 5.97 Å². The van der Waals surface area contributed by atoms with Crippen LogP contribution >= 0.6 is 11.8 Å². The van der Waals surface area contributed by atoms with Crippen molar-refractivity contribution < 1.29 is 19.1 Å². The molecule has 1 saturated heterocycles. The highest BCUT2D eigenvalue weighted by molar-refractivity contribution is 7.99. The molecule has 2 rings (SSSR count). The number of carboxylic acids is 1. The van der Waals surface area contributed by atoms with Crippen molar-refractivity contribution in [3.8, 4) is 0 Å². The summed E-state index contributed by atoms with van der Waals surface area (Å²) in [6.45, 7) is 2.62. The SMILES string of the molecule is CN1CCOC(CSc2ccc(C(=O)O)o2)C1. The number of thioether (sulfide) groups is 1. The van der Waals surface area contributed by atoms with Gasteiger partial charge in [-0.2, -0.15) is 0 Å². The van der Waals surface area contributed by atoms with Crippen LogP contribution in [0.15, 0.2) is 21.6 Å². The zero-order valence-corrected chi connectivity index (χ0v) is 10.4. The van der Waals surface area contributed by atoms with Crippen LogP contribution in [0.2, 0.25) is 0 Å². The molecule has 0 amide bonds. The summed E-state index contributed by atoms with van der Waals surface area (Å²) in [6.07, 6.45) is 0.178. The molecule has 1 N–H and O–H groups in total. The highest BCUT2D eigenvalue weighted by Gasteiger charge is 2.18. The largest absolute Gasteiger partial charge is 0.475 e. The first-order valence-corrected chi connectivity index (χ1v) is 6.40. The number of hydrogen-bond donors (Lipinski definition) is 1. The molecule has 1 aromatic rings. The number of hydrogen-bond acceptors (Lipinski definition) is 5. The Kier molecular flexibility index (Phi) is 4.09. The van der Waals surface area contributed by atoms with Gasteiger partial charge in [0.15, 0.2) is 5.09 Å². The third-order valence-corrected chi connectivity index (χ3v) is 3.59. The minimum Gasteiger partial charge on any atom is -0.475 e. The molecule has 17 heavy (non-hydrogen) atoms.